The molecule has 0 aromatic rings. The van der Waals surface area contributed by atoms with Crippen molar-refractivity contribution in [2.45, 2.75) is 117 Å². The van der Waals surface area contributed by atoms with Crippen molar-refractivity contribution in [3.05, 3.63) is 0 Å². The van der Waals surface area contributed by atoms with Crippen molar-refractivity contribution in [1.82, 2.24) is 20.4 Å². The van der Waals surface area contributed by atoms with Gasteiger partial charge in [0.1, 0.15) is 46.8 Å². The van der Waals surface area contributed by atoms with Crippen LogP contribution in [0.1, 0.15) is 82.1 Å². The summed E-state index contributed by atoms with van der Waals surface area (Å²) in [6, 6.07) is 0. The van der Waals surface area contributed by atoms with Crippen LogP contribution >= 0.6 is 24.4 Å². The van der Waals surface area contributed by atoms with E-state index in [1.807, 2.05) is 79.0 Å². The molecular weight excluding hydrogens is 528 g/mol. The van der Waals surface area contributed by atoms with E-state index in [2.05, 4.69) is 10.6 Å². The van der Waals surface area contributed by atoms with E-state index in [4.69, 9.17) is 43.4 Å². The number of hydrogen-bond donors (Lipinski definition) is 2. The molecule has 2 fully saturated rings. The first kappa shape index (κ1) is 32.5. The molecule has 2 aliphatic heterocycles. The number of nitrogens with one attached hydrogen (secondary N) is 2. The summed E-state index contributed by atoms with van der Waals surface area (Å²) in [6.07, 6.45) is -0.506. The van der Waals surface area contributed by atoms with Gasteiger partial charge >= 0.3 is 12.2 Å². The van der Waals surface area contributed by atoms with Crippen LogP contribution in [-0.2, 0) is 18.9 Å². The highest BCUT2D eigenvalue weighted by Crippen LogP contribution is 2.26. The maximum absolute atomic E-state index is 12.2. The molecule has 0 unspecified atom stereocenters. The molecule has 0 aromatic carbocycles. The van der Waals surface area contributed by atoms with Crippen LogP contribution in [0.5, 0.6) is 0 Å². The summed E-state index contributed by atoms with van der Waals surface area (Å²) < 4.78 is 22.7. The van der Waals surface area contributed by atoms with Gasteiger partial charge in [0.2, 0.25) is 0 Å². The second kappa shape index (κ2) is 12.2. The molecule has 12 heteroatoms. The van der Waals surface area contributed by atoms with Crippen LogP contribution in [0, 0.1) is 0 Å². The molecular formula is C26H46N4O6S2. The van der Waals surface area contributed by atoms with E-state index in [0.717, 1.165) is 0 Å². The van der Waals surface area contributed by atoms with Crippen molar-refractivity contribution >= 4 is 46.6 Å². The third-order valence-corrected chi connectivity index (χ3v) is 6.88. The van der Waals surface area contributed by atoms with E-state index in [-0.39, 0.29) is 0 Å². The number of hydrogen-bond acceptors (Lipinski definition) is 8. The Balaban J connectivity index is 1.84. The predicted octanol–water partition coefficient (Wildman–Crippen LogP) is 4.34. The number of carbonyl (C=O) groups excluding carboxylic acids is 2. The quantitative estimate of drug-likeness (QED) is 0.387. The molecule has 2 atom stereocenters. The van der Waals surface area contributed by atoms with Crippen LogP contribution in [-0.4, -0.2) is 93.0 Å². The lowest BCUT2D eigenvalue weighted by Gasteiger charge is -2.30. The molecule has 38 heavy (non-hydrogen) atoms. The first-order valence-corrected chi connectivity index (χ1v) is 13.8. The number of thiocarbonyl (C=S) groups is 2. The fraction of sp³-hybridized carbons (Fsp3) is 0.846. The molecule has 0 bridgehead atoms. The number of rotatable bonds is 9. The number of alkyl carbamates (subject to hydrolysis) is 2. The van der Waals surface area contributed by atoms with Gasteiger partial charge in [-0.15, -0.1) is 0 Å². The summed E-state index contributed by atoms with van der Waals surface area (Å²) in [4.78, 5) is 29.6. The Labute approximate surface area is 238 Å². The number of nitrogens with zero attached hydrogens (tertiary/aromatic N) is 2. The Morgan fingerprint density at radius 2 is 1.05 bits per heavy atom. The van der Waals surface area contributed by atoms with Crippen LogP contribution in [0.4, 0.5) is 9.59 Å². The smallest absolute Gasteiger partial charge is 0.408 e. The highest BCUT2D eigenvalue weighted by Gasteiger charge is 2.43. The van der Waals surface area contributed by atoms with Gasteiger partial charge in [-0.2, -0.15) is 0 Å². The minimum absolute atomic E-state index is 0.335. The van der Waals surface area contributed by atoms with Crippen LogP contribution < -0.4 is 10.6 Å². The summed E-state index contributed by atoms with van der Waals surface area (Å²) in [5.41, 5.74) is -2.11. The minimum Gasteiger partial charge on any atom is -0.444 e. The highest BCUT2D eigenvalue weighted by atomic mass is 32.1. The average molecular weight is 575 g/mol. The standard InChI is InChI=1S/C26H46N4O6S2/c1-23(2,3)35-21(31)27-25(7,8)11-13-29-15-33-17(19(29)37)18-20(38)30(16-34-18)14-12-26(9,10)28-22(32)36-24(4,5)6/h17-18H,11-16H2,1-10H3,(H,27,31)(H,28,32)/t17-,18-/m1/s1. The molecule has 0 spiro atoms. The van der Waals surface area contributed by atoms with E-state index in [9.17, 15) is 9.59 Å². The maximum Gasteiger partial charge on any atom is 0.408 e. The summed E-state index contributed by atoms with van der Waals surface area (Å²) in [7, 11) is 0. The molecule has 2 rings (SSSR count). The second-order valence-electron chi connectivity index (χ2n) is 13.2. The van der Waals surface area contributed by atoms with Gasteiger partial charge in [-0.25, -0.2) is 9.59 Å². The lowest BCUT2D eigenvalue weighted by atomic mass is 10.0. The zero-order valence-electron chi connectivity index (χ0n) is 24.6. The zero-order valence-corrected chi connectivity index (χ0v) is 26.2. The molecule has 2 N–H and O–H groups in total. The van der Waals surface area contributed by atoms with E-state index >= 15 is 0 Å². The Bertz CT molecular complexity index is 825. The molecule has 2 amide bonds. The molecule has 0 aromatic heterocycles. The molecule has 0 saturated carbocycles. The maximum atomic E-state index is 12.2. The molecule has 10 nitrogen and oxygen atoms in total. The van der Waals surface area contributed by atoms with Gasteiger partial charge in [-0.3, -0.25) is 0 Å². The van der Waals surface area contributed by atoms with Crippen LogP contribution in [0.15, 0.2) is 0 Å². The average Bonchev–Trinajstić information content (AvgIpc) is 3.23. The monoisotopic (exact) mass is 574 g/mol. The Morgan fingerprint density at radius 1 is 0.737 bits per heavy atom. The Morgan fingerprint density at radius 3 is 1.34 bits per heavy atom. The number of amides is 2. The third kappa shape index (κ3) is 10.4. The number of carbonyl (C=O) groups is 2. The van der Waals surface area contributed by atoms with Crippen molar-refractivity contribution in [1.29, 1.82) is 0 Å². The third-order valence-electron chi connectivity index (χ3n) is 5.90. The van der Waals surface area contributed by atoms with E-state index in [0.29, 0.717) is 49.4 Å². The molecule has 2 heterocycles. The van der Waals surface area contributed by atoms with Crippen LogP contribution in [0.3, 0.4) is 0 Å². The number of ether oxygens (including phenoxy) is 4. The minimum atomic E-state index is -0.560. The first-order valence-electron chi connectivity index (χ1n) is 13.0. The van der Waals surface area contributed by atoms with Crippen molar-refractivity contribution in [3.63, 3.8) is 0 Å². The van der Waals surface area contributed by atoms with Gasteiger partial charge in [0.25, 0.3) is 0 Å². The van der Waals surface area contributed by atoms with Gasteiger partial charge in [0.05, 0.1) is 0 Å². The van der Waals surface area contributed by atoms with Gasteiger partial charge in [-0.1, -0.05) is 24.4 Å². The van der Waals surface area contributed by atoms with Gasteiger partial charge in [0, 0.05) is 24.2 Å². The van der Waals surface area contributed by atoms with Crippen molar-refractivity contribution < 1.29 is 28.5 Å². The lowest BCUT2D eigenvalue weighted by molar-refractivity contribution is 0.000548. The van der Waals surface area contributed by atoms with Crippen molar-refractivity contribution in [3.8, 4) is 0 Å². The summed E-state index contributed by atoms with van der Waals surface area (Å²) in [5.74, 6) is 0. The van der Waals surface area contributed by atoms with Crippen molar-refractivity contribution in [2.75, 3.05) is 26.6 Å². The molecule has 0 radical (unpaired) electrons. The van der Waals surface area contributed by atoms with E-state index in [1.54, 1.807) is 0 Å². The van der Waals surface area contributed by atoms with E-state index in [1.165, 1.54) is 0 Å². The molecule has 218 valence electrons. The Kier molecular flexibility index (Phi) is 10.4. The van der Waals surface area contributed by atoms with Crippen molar-refractivity contribution in [2.24, 2.45) is 0 Å². The molecule has 0 aliphatic carbocycles. The lowest BCUT2D eigenvalue weighted by Crippen LogP contribution is -2.48. The van der Waals surface area contributed by atoms with Gasteiger partial charge in [-0.05, 0) is 82.1 Å². The summed E-state index contributed by atoms with van der Waals surface area (Å²) in [5, 5.41) is 5.84. The van der Waals surface area contributed by atoms with E-state index < -0.39 is 46.7 Å². The topological polar surface area (TPSA) is 102 Å². The fourth-order valence-corrected chi connectivity index (χ4v) is 4.54. The first-order chi connectivity index (χ1) is 17.2. The van der Waals surface area contributed by atoms with Crippen LogP contribution in [0.25, 0.3) is 0 Å². The predicted molar refractivity (Wildman–Crippen MR) is 154 cm³/mol. The fourth-order valence-electron chi connectivity index (χ4n) is 3.87. The SMILES string of the molecule is CC(C)(CCN1CO[C@H]([C@H]2OCN(CCC(C)(C)NC(=O)OC(C)(C)C)C2=S)C1=S)NC(=O)OC(C)(C)C. The molecule has 2 saturated heterocycles. The molecule has 2 aliphatic rings. The largest absolute Gasteiger partial charge is 0.444 e. The van der Waals surface area contributed by atoms with Gasteiger partial charge < -0.3 is 39.4 Å². The van der Waals surface area contributed by atoms with Gasteiger partial charge in [0.15, 0.2) is 0 Å². The zero-order chi connectivity index (χ0) is 29.1. The second-order valence-corrected chi connectivity index (χ2v) is 14.0. The summed E-state index contributed by atoms with van der Waals surface area (Å²) >= 11 is 11.4. The van der Waals surface area contributed by atoms with Crippen LogP contribution in [0.2, 0.25) is 0 Å². The highest BCUT2D eigenvalue weighted by molar-refractivity contribution is 7.81. The Hall–Kier alpha value is -1.76. The normalized spacial score (nSPS) is 21.1. The summed E-state index contributed by atoms with van der Waals surface area (Å²) in [6.45, 7) is 20.6.